The summed E-state index contributed by atoms with van der Waals surface area (Å²) in [7, 11) is 0. The van der Waals surface area contributed by atoms with Crippen LogP contribution in [0.1, 0.15) is 103 Å². The van der Waals surface area contributed by atoms with E-state index in [4.69, 9.17) is 9.52 Å². The number of rotatable bonds is 9. The molecule has 0 bridgehead atoms. The molecule has 9 N–H and O–H groups in total. The first-order chi connectivity index (χ1) is 31.7. The van der Waals surface area contributed by atoms with Crippen LogP contribution in [0, 0.1) is 23.2 Å². The van der Waals surface area contributed by atoms with Gasteiger partial charge in [0.2, 0.25) is 5.43 Å². The summed E-state index contributed by atoms with van der Waals surface area (Å²) in [5.74, 6) is 1.94. The van der Waals surface area contributed by atoms with Gasteiger partial charge in [-0.3, -0.25) is 4.79 Å². The predicted molar refractivity (Wildman–Crippen MR) is 264 cm³/mol. The second-order valence-electron chi connectivity index (χ2n) is 19.4. The molecule has 0 radical (unpaired) electrons. The maximum Gasteiger partial charge on any atom is 0.204 e. The SMILES string of the molecule is C=C1/C(=C\C=C2/CCC[C@]3(C)[C@@H]([C@H](C)CCCC(C)(C)O)CC[C@@H]23)C[C@@H](O)C[C@@H]1O.O=c1c(-c2ccc(O)cc2)coc2cc(O)cc(O)c12.Oc1ccc(/C=C/c2cc(O)cc(O)c2)cc1. The summed E-state index contributed by atoms with van der Waals surface area (Å²) in [6.07, 6.45) is 18.7. The zero-order chi connectivity index (χ0) is 48.6. The smallest absolute Gasteiger partial charge is 0.204 e. The lowest BCUT2D eigenvalue weighted by Gasteiger charge is -2.44. The van der Waals surface area contributed by atoms with Gasteiger partial charge in [-0.15, -0.1) is 0 Å². The first-order valence-electron chi connectivity index (χ1n) is 23.1. The second-order valence-corrected chi connectivity index (χ2v) is 19.4. The Morgan fingerprint density at radius 2 is 1.45 bits per heavy atom. The van der Waals surface area contributed by atoms with E-state index >= 15 is 0 Å². The summed E-state index contributed by atoms with van der Waals surface area (Å²) in [6, 6.07) is 19.5. The van der Waals surface area contributed by atoms with E-state index in [1.165, 1.54) is 69.1 Å². The van der Waals surface area contributed by atoms with Gasteiger partial charge in [-0.25, -0.2) is 0 Å². The van der Waals surface area contributed by atoms with Crippen molar-refractivity contribution < 1.29 is 50.4 Å². The molecule has 4 aromatic carbocycles. The number of hydrogen-bond acceptors (Lipinski definition) is 11. The number of benzene rings is 4. The van der Waals surface area contributed by atoms with Crippen molar-refractivity contribution in [3.05, 3.63) is 142 Å². The van der Waals surface area contributed by atoms with Crippen LogP contribution in [0.2, 0.25) is 0 Å². The fourth-order valence-electron chi connectivity index (χ4n) is 10.3. The Morgan fingerprint density at radius 1 is 0.821 bits per heavy atom. The van der Waals surface area contributed by atoms with E-state index in [-0.39, 0.29) is 51.0 Å². The zero-order valence-corrected chi connectivity index (χ0v) is 38.9. The molecule has 0 spiro atoms. The van der Waals surface area contributed by atoms with Gasteiger partial charge in [-0.1, -0.05) is 87.4 Å². The first kappa shape index (κ1) is 50.1. The van der Waals surface area contributed by atoms with Gasteiger partial charge in [0.05, 0.1) is 23.4 Å². The summed E-state index contributed by atoms with van der Waals surface area (Å²) in [5, 5.41) is 86.3. The van der Waals surface area contributed by atoms with Crippen LogP contribution in [0.4, 0.5) is 0 Å². The minimum absolute atomic E-state index is 0.00775. The lowest BCUT2D eigenvalue weighted by atomic mass is 9.60. The van der Waals surface area contributed by atoms with Crippen LogP contribution >= 0.6 is 0 Å². The number of aliphatic hydroxyl groups is 3. The van der Waals surface area contributed by atoms with Crippen molar-refractivity contribution in [3.63, 3.8) is 0 Å². The largest absolute Gasteiger partial charge is 0.508 e. The van der Waals surface area contributed by atoms with E-state index in [0.717, 1.165) is 41.5 Å². The van der Waals surface area contributed by atoms with Crippen molar-refractivity contribution in [1.82, 2.24) is 0 Å². The summed E-state index contributed by atoms with van der Waals surface area (Å²) in [5.41, 5.74) is 5.32. The van der Waals surface area contributed by atoms with Gasteiger partial charge < -0.3 is 50.4 Å². The molecule has 1 heterocycles. The van der Waals surface area contributed by atoms with E-state index in [1.807, 2.05) is 19.9 Å². The van der Waals surface area contributed by atoms with Crippen LogP contribution in [0.5, 0.6) is 34.5 Å². The van der Waals surface area contributed by atoms with Crippen molar-refractivity contribution in [2.24, 2.45) is 23.2 Å². The molecule has 8 rings (SSSR count). The molecule has 67 heavy (non-hydrogen) atoms. The minimum Gasteiger partial charge on any atom is -0.508 e. The Bertz CT molecular complexity index is 2630. The van der Waals surface area contributed by atoms with E-state index in [9.17, 15) is 45.6 Å². The van der Waals surface area contributed by atoms with E-state index < -0.39 is 23.2 Å². The maximum atomic E-state index is 12.4. The van der Waals surface area contributed by atoms with Gasteiger partial charge >= 0.3 is 0 Å². The van der Waals surface area contributed by atoms with Gasteiger partial charge in [-0.05, 0) is 146 Å². The molecule has 0 amide bonds. The molecule has 356 valence electrons. The molecule has 3 saturated carbocycles. The summed E-state index contributed by atoms with van der Waals surface area (Å²) < 4.78 is 5.29. The summed E-state index contributed by atoms with van der Waals surface area (Å²) in [4.78, 5) is 12.4. The van der Waals surface area contributed by atoms with Crippen LogP contribution in [-0.2, 0) is 0 Å². The number of aromatic hydroxyl groups is 6. The summed E-state index contributed by atoms with van der Waals surface area (Å²) >= 11 is 0. The minimum atomic E-state index is -0.615. The van der Waals surface area contributed by atoms with Crippen LogP contribution in [-0.4, -0.2) is 63.8 Å². The number of phenolic OH excluding ortho intramolecular Hbond substituents is 6. The van der Waals surface area contributed by atoms with E-state index in [0.29, 0.717) is 41.2 Å². The van der Waals surface area contributed by atoms with Gasteiger partial charge in [0.1, 0.15) is 51.7 Å². The molecular weight excluding hydrogens is 849 g/mol. The van der Waals surface area contributed by atoms with Crippen molar-refractivity contribution in [3.8, 4) is 45.6 Å². The van der Waals surface area contributed by atoms with Crippen LogP contribution in [0.3, 0.4) is 0 Å². The molecule has 3 aliphatic rings. The highest BCUT2D eigenvalue weighted by molar-refractivity contribution is 5.88. The highest BCUT2D eigenvalue weighted by Gasteiger charge is 2.50. The fourth-order valence-corrected chi connectivity index (χ4v) is 10.3. The number of aliphatic hydroxyl groups excluding tert-OH is 2. The molecule has 11 nitrogen and oxygen atoms in total. The van der Waals surface area contributed by atoms with E-state index in [2.05, 4.69) is 32.6 Å². The Hall–Kier alpha value is -6.27. The highest BCUT2D eigenvalue weighted by Crippen LogP contribution is 2.60. The molecule has 0 unspecified atom stereocenters. The Labute approximate surface area is 392 Å². The molecule has 11 heteroatoms. The van der Waals surface area contributed by atoms with Crippen molar-refractivity contribution >= 4 is 23.1 Å². The van der Waals surface area contributed by atoms with Gasteiger partial charge in [0.15, 0.2) is 0 Å². The molecule has 5 aromatic rings. The normalized spacial score (nSPS) is 23.4. The Kier molecular flexibility index (Phi) is 16.1. The molecule has 0 saturated heterocycles. The molecule has 0 aliphatic heterocycles. The highest BCUT2D eigenvalue weighted by atomic mass is 16.3. The zero-order valence-electron chi connectivity index (χ0n) is 38.9. The Balaban J connectivity index is 0.000000174. The standard InChI is InChI=1S/C27H44O3.C15H10O5.C14H12O3/c1-18(8-6-14-26(3,4)30)23-12-13-24-20(9-7-15-27(23,24)5)10-11-21-16-22(28)17-25(29)19(21)2;16-9-3-1-8(2-4-9)11-7-20-13-6-10(17)5-12(18)14(13)15(11)19;15-12-5-3-10(4-6-12)1-2-11-7-13(16)9-14(17)8-11/h10-11,18,22-25,28-30H,2,6-9,12-17H2,1,3-5H3;1-7,16-18H;1-9,15-17H/b20-10+,21-11-;;2-1+/t18-,22-,23-,24+,25+,27-;;/m1../s1. The summed E-state index contributed by atoms with van der Waals surface area (Å²) in [6.45, 7) is 12.8. The molecule has 3 aliphatic carbocycles. The van der Waals surface area contributed by atoms with Crippen molar-refractivity contribution in [2.45, 2.75) is 110 Å². The lowest BCUT2D eigenvalue weighted by molar-refractivity contribution is 0.0596. The van der Waals surface area contributed by atoms with Gasteiger partial charge in [-0.2, -0.15) is 0 Å². The fraction of sp³-hybridized carbons (Fsp3) is 0.375. The third kappa shape index (κ3) is 13.0. The third-order valence-corrected chi connectivity index (χ3v) is 13.7. The monoisotopic (exact) mass is 914 g/mol. The number of hydrogen-bond donors (Lipinski definition) is 9. The molecule has 6 atom stereocenters. The molecular formula is C56H66O11. The third-order valence-electron chi connectivity index (χ3n) is 13.7. The quantitative estimate of drug-likeness (QED) is 0.0635. The van der Waals surface area contributed by atoms with Crippen LogP contribution in [0.15, 0.2) is 130 Å². The van der Waals surface area contributed by atoms with Gasteiger partial charge in [0.25, 0.3) is 0 Å². The van der Waals surface area contributed by atoms with Crippen LogP contribution < -0.4 is 5.43 Å². The number of allylic oxidation sites excluding steroid dienone is 3. The van der Waals surface area contributed by atoms with Crippen LogP contribution in [0.25, 0.3) is 34.2 Å². The first-order valence-corrected chi connectivity index (χ1v) is 23.1. The Morgan fingerprint density at radius 3 is 2.10 bits per heavy atom. The average molecular weight is 915 g/mol. The number of phenols is 6. The van der Waals surface area contributed by atoms with E-state index in [1.54, 1.807) is 60.2 Å². The average Bonchev–Trinajstić information content (AvgIpc) is 3.62. The second kappa shape index (κ2) is 21.6. The van der Waals surface area contributed by atoms with Crippen molar-refractivity contribution in [1.29, 1.82) is 0 Å². The predicted octanol–water partition coefficient (Wildman–Crippen LogP) is 11.3. The molecule has 1 aromatic heterocycles. The van der Waals surface area contributed by atoms with Crippen molar-refractivity contribution in [2.75, 3.05) is 0 Å². The maximum absolute atomic E-state index is 12.4. The van der Waals surface area contributed by atoms with Gasteiger partial charge in [0, 0.05) is 24.6 Å². The number of fused-ring (bicyclic) bond motifs is 2. The lowest BCUT2D eigenvalue weighted by Crippen LogP contribution is -2.36. The topological polar surface area (TPSA) is 212 Å². The molecule has 3 fully saturated rings.